The molecule has 0 radical (unpaired) electrons. The van der Waals surface area contributed by atoms with Crippen LogP contribution in [-0.4, -0.2) is 43.2 Å². The van der Waals surface area contributed by atoms with Crippen LogP contribution in [0.1, 0.15) is 53.3 Å². The molecule has 1 N–H and O–H groups in total. The largest absolute Gasteiger partial charge is 0.486 e. The van der Waals surface area contributed by atoms with Crippen molar-refractivity contribution >= 4 is 0 Å². The lowest BCUT2D eigenvalue weighted by Gasteiger charge is -2.45. The maximum Gasteiger partial charge on any atom is 0.161 e. The van der Waals surface area contributed by atoms with Crippen LogP contribution in [0.2, 0.25) is 0 Å². The average molecular weight is 595 g/mol. The number of aliphatic hydroxyl groups excluding tert-OH is 1. The van der Waals surface area contributed by atoms with Gasteiger partial charge in [0.15, 0.2) is 11.5 Å². The molecule has 1 fully saturated rings. The molecule has 4 aromatic rings. The smallest absolute Gasteiger partial charge is 0.161 e. The fourth-order valence-corrected chi connectivity index (χ4v) is 6.26. The summed E-state index contributed by atoms with van der Waals surface area (Å²) in [7, 11) is 0. The van der Waals surface area contributed by atoms with Crippen molar-refractivity contribution in [2.45, 2.75) is 64.3 Å². The molecule has 2 aliphatic rings. The highest BCUT2D eigenvalue weighted by atomic mass is 16.6. The van der Waals surface area contributed by atoms with Gasteiger partial charge in [-0.1, -0.05) is 98.8 Å². The molecule has 6 heteroatoms. The van der Waals surface area contributed by atoms with Gasteiger partial charge >= 0.3 is 0 Å². The van der Waals surface area contributed by atoms with E-state index >= 15 is 0 Å². The van der Waals surface area contributed by atoms with Gasteiger partial charge in [-0.2, -0.15) is 0 Å². The highest BCUT2D eigenvalue weighted by molar-refractivity contribution is 5.46. The first kappa shape index (κ1) is 30.4. The Morgan fingerprint density at radius 1 is 0.705 bits per heavy atom. The molecule has 0 spiro atoms. The third-order valence-corrected chi connectivity index (χ3v) is 8.74. The second kappa shape index (κ2) is 14.4. The van der Waals surface area contributed by atoms with Crippen LogP contribution < -0.4 is 9.47 Å². The number of hydrogen-bond acceptors (Lipinski definition) is 6. The van der Waals surface area contributed by atoms with E-state index in [0.29, 0.717) is 26.4 Å². The number of rotatable bonds is 11. The van der Waals surface area contributed by atoms with Crippen LogP contribution in [0.25, 0.3) is 0 Å². The maximum absolute atomic E-state index is 10.4. The average Bonchev–Trinajstić information content (AvgIpc) is 3.07. The lowest BCUT2D eigenvalue weighted by atomic mass is 9.84. The third-order valence-electron chi connectivity index (χ3n) is 8.74. The van der Waals surface area contributed by atoms with Crippen LogP contribution in [0.15, 0.2) is 97.1 Å². The van der Waals surface area contributed by atoms with Crippen LogP contribution in [0.3, 0.4) is 0 Å². The number of fused-ring (bicyclic) bond motifs is 1. The van der Waals surface area contributed by atoms with Crippen molar-refractivity contribution in [3.05, 3.63) is 130 Å². The molecule has 0 saturated carbocycles. The van der Waals surface area contributed by atoms with Crippen molar-refractivity contribution in [2.75, 3.05) is 19.8 Å². The van der Waals surface area contributed by atoms with Gasteiger partial charge in [-0.05, 0) is 58.4 Å². The van der Waals surface area contributed by atoms with Crippen molar-refractivity contribution in [3.8, 4) is 11.5 Å². The molecular weight excluding hydrogens is 552 g/mol. The molecule has 44 heavy (non-hydrogen) atoms. The molecule has 0 aliphatic carbocycles. The van der Waals surface area contributed by atoms with E-state index < -0.39 is 6.10 Å². The van der Waals surface area contributed by atoms with E-state index in [1.54, 1.807) is 0 Å². The van der Waals surface area contributed by atoms with Crippen molar-refractivity contribution < 1.29 is 28.8 Å². The number of aliphatic hydroxyl groups is 1. The summed E-state index contributed by atoms with van der Waals surface area (Å²) in [6.45, 7) is 6.20. The standard InChI is InChI=1S/C38H42O6/c1-3-30-15-16-31(22-32(30)20-29-14-17-33-34(21-29)41-19-18-40-33)37-38(43-25-28-12-8-5-9-13-28)36(26(2)35(23-39)44-37)42-24-27-10-6-4-7-11-27/h4-17,21-22,26,35-39H,3,18-20,23-25H2,1-2H3/t26-,35-,36+,37+,38-/m1/s1. The minimum absolute atomic E-state index is 0.0761. The highest BCUT2D eigenvalue weighted by Gasteiger charge is 2.46. The highest BCUT2D eigenvalue weighted by Crippen LogP contribution is 2.40. The molecule has 230 valence electrons. The minimum Gasteiger partial charge on any atom is -0.486 e. The second-order valence-electron chi connectivity index (χ2n) is 11.7. The Morgan fingerprint density at radius 2 is 1.36 bits per heavy atom. The molecule has 0 bridgehead atoms. The fraction of sp³-hybridized carbons (Fsp3) is 0.368. The van der Waals surface area contributed by atoms with Crippen LogP contribution in [0, 0.1) is 5.92 Å². The van der Waals surface area contributed by atoms with Crippen LogP contribution in [0.4, 0.5) is 0 Å². The van der Waals surface area contributed by atoms with E-state index in [0.717, 1.165) is 46.6 Å². The zero-order valence-electron chi connectivity index (χ0n) is 25.6. The summed E-state index contributed by atoms with van der Waals surface area (Å²) in [5.74, 6) is 1.52. The van der Waals surface area contributed by atoms with Gasteiger partial charge in [0.05, 0.1) is 32.0 Å². The summed E-state index contributed by atoms with van der Waals surface area (Å²) in [5.41, 5.74) is 6.88. The number of benzene rings is 4. The van der Waals surface area contributed by atoms with E-state index in [2.05, 4.69) is 68.4 Å². The van der Waals surface area contributed by atoms with Crippen molar-refractivity contribution in [1.82, 2.24) is 0 Å². The molecule has 0 aromatic heterocycles. The van der Waals surface area contributed by atoms with Gasteiger partial charge in [0, 0.05) is 5.92 Å². The maximum atomic E-state index is 10.4. The normalized spacial score (nSPS) is 22.9. The molecule has 6 nitrogen and oxygen atoms in total. The lowest BCUT2D eigenvalue weighted by molar-refractivity contribution is -0.240. The van der Waals surface area contributed by atoms with Gasteiger partial charge < -0.3 is 28.8 Å². The van der Waals surface area contributed by atoms with Crippen LogP contribution >= 0.6 is 0 Å². The first-order valence-corrected chi connectivity index (χ1v) is 15.7. The van der Waals surface area contributed by atoms with Gasteiger partial charge in [-0.25, -0.2) is 0 Å². The Bertz CT molecular complexity index is 1490. The predicted octanol–water partition coefficient (Wildman–Crippen LogP) is 6.85. The quantitative estimate of drug-likeness (QED) is 0.205. The molecule has 2 heterocycles. The predicted molar refractivity (Wildman–Crippen MR) is 170 cm³/mol. The molecule has 6 rings (SSSR count). The first-order valence-electron chi connectivity index (χ1n) is 15.7. The van der Waals surface area contributed by atoms with Crippen molar-refractivity contribution in [2.24, 2.45) is 5.92 Å². The minimum atomic E-state index is -0.419. The Kier molecular flexibility index (Phi) is 9.93. The number of ether oxygens (including phenoxy) is 5. The van der Waals surface area contributed by atoms with Gasteiger partial charge in [0.1, 0.15) is 25.4 Å². The zero-order chi connectivity index (χ0) is 30.3. The Balaban J connectivity index is 1.32. The monoisotopic (exact) mass is 594 g/mol. The van der Waals surface area contributed by atoms with E-state index in [4.69, 9.17) is 23.7 Å². The number of hydrogen-bond donors (Lipinski definition) is 1. The molecule has 5 atom stereocenters. The van der Waals surface area contributed by atoms with E-state index in [1.165, 1.54) is 11.1 Å². The molecule has 0 unspecified atom stereocenters. The summed E-state index contributed by atoms with van der Waals surface area (Å²) in [6.07, 6.45) is 0.193. The van der Waals surface area contributed by atoms with E-state index in [9.17, 15) is 5.11 Å². The second-order valence-corrected chi connectivity index (χ2v) is 11.7. The third kappa shape index (κ3) is 7.00. The van der Waals surface area contributed by atoms with Crippen molar-refractivity contribution in [3.63, 3.8) is 0 Å². The van der Waals surface area contributed by atoms with Gasteiger partial charge in [0.2, 0.25) is 0 Å². The van der Waals surface area contributed by atoms with E-state index in [1.807, 2.05) is 42.5 Å². The topological polar surface area (TPSA) is 66.4 Å². The first-order chi connectivity index (χ1) is 21.6. The summed E-state index contributed by atoms with van der Waals surface area (Å²) in [4.78, 5) is 0. The lowest BCUT2D eigenvalue weighted by Crippen LogP contribution is -2.53. The molecule has 0 amide bonds. The fourth-order valence-electron chi connectivity index (χ4n) is 6.26. The van der Waals surface area contributed by atoms with Crippen LogP contribution in [0.5, 0.6) is 11.5 Å². The van der Waals surface area contributed by atoms with E-state index in [-0.39, 0.29) is 30.8 Å². The van der Waals surface area contributed by atoms with Crippen LogP contribution in [-0.2, 0) is 40.3 Å². The number of aryl methyl sites for hydroxylation is 1. The van der Waals surface area contributed by atoms with Gasteiger partial charge in [0.25, 0.3) is 0 Å². The summed E-state index contributed by atoms with van der Waals surface area (Å²) in [6, 6.07) is 33.2. The summed E-state index contributed by atoms with van der Waals surface area (Å²) in [5, 5.41) is 10.4. The molecule has 4 aromatic carbocycles. The molecule has 2 aliphatic heterocycles. The van der Waals surface area contributed by atoms with Crippen molar-refractivity contribution in [1.29, 1.82) is 0 Å². The van der Waals surface area contributed by atoms with Gasteiger partial charge in [-0.15, -0.1) is 0 Å². The summed E-state index contributed by atoms with van der Waals surface area (Å²) >= 11 is 0. The Morgan fingerprint density at radius 3 is 2.02 bits per heavy atom. The SMILES string of the molecule is CCc1ccc([C@@H]2O[C@H](CO)[C@@H](C)[C@H](OCc3ccccc3)[C@H]2OCc2ccccc2)cc1Cc1ccc2c(c1)OCCO2. The zero-order valence-corrected chi connectivity index (χ0v) is 25.6. The Labute approximate surface area is 260 Å². The molecular formula is C38H42O6. The van der Waals surface area contributed by atoms with Gasteiger partial charge in [-0.3, -0.25) is 0 Å². The molecule has 1 saturated heterocycles. The Hall–Kier alpha value is -3.68. The summed E-state index contributed by atoms with van der Waals surface area (Å²) < 4.78 is 31.6.